The van der Waals surface area contributed by atoms with Crippen LogP contribution in [0.25, 0.3) is 0 Å². The number of rotatable bonds is 3. The van der Waals surface area contributed by atoms with Gasteiger partial charge in [-0.2, -0.15) is 11.8 Å². The molecule has 2 saturated heterocycles. The van der Waals surface area contributed by atoms with Crippen molar-refractivity contribution in [2.75, 3.05) is 44.5 Å². The van der Waals surface area contributed by atoms with Crippen molar-refractivity contribution in [3.05, 3.63) is 23.8 Å². The van der Waals surface area contributed by atoms with Gasteiger partial charge in [-0.15, -0.1) is 0 Å². The first kappa shape index (κ1) is 16.1. The molecule has 1 aromatic carbocycles. The zero-order valence-corrected chi connectivity index (χ0v) is 14.7. The Morgan fingerprint density at radius 3 is 2.96 bits per heavy atom. The van der Waals surface area contributed by atoms with Crippen LogP contribution >= 0.6 is 11.8 Å². The first-order valence-electron chi connectivity index (χ1n) is 8.78. The lowest BCUT2D eigenvalue weighted by atomic mass is 10.1. The Bertz CT molecular complexity index is 604. The van der Waals surface area contributed by atoms with Gasteiger partial charge < -0.3 is 14.4 Å². The average molecular weight is 348 g/mol. The molecule has 0 bridgehead atoms. The van der Waals surface area contributed by atoms with Gasteiger partial charge in [0.15, 0.2) is 11.5 Å². The van der Waals surface area contributed by atoms with Crippen molar-refractivity contribution in [2.24, 2.45) is 0 Å². The summed E-state index contributed by atoms with van der Waals surface area (Å²) in [6.07, 6.45) is 2.82. The summed E-state index contributed by atoms with van der Waals surface area (Å²) in [4.78, 5) is 17.3. The number of nitrogens with zero attached hydrogens (tertiary/aromatic N) is 2. The molecular formula is C18H24N2O3S. The van der Waals surface area contributed by atoms with E-state index in [0.717, 1.165) is 55.7 Å². The molecule has 0 N–H and O–H groups in total. The molecule has 0 spiro atoms. The van der Waals surface area contributed by atoms with Crippen molar-refractivity contribution < 1.29 is 14.3 Å². The van der Waals surface area contributed by atoms with E-state index in [1.54, 1.807) is 0 Å². The lowest BCUT2D eigenvalue weighted by molar-refractivity contribution is -0.130. The fourth-order valence-electron chi connectivity index (χ4n) is 3.70. The molecule has 130 valence electrons. The van der Waals surface area contributed by atoms with Gasteiger partial charge in [0, 0.05) is 38.0 Å². The predicted octanol–water partition coefficient (Wildman–Crippen LogP) is 2.00. The van der Waals surface area contributed by atoms with Crippen LogP contribution in [0.15, 0.2) is 18.2 Å². The fraction of sp³-hybridized carbons (Fsp3) is 0.611. The second-order valence-electron chi connectivity index (χ2n) is 6.65. The van der Waals surface area contributed by atoms with Crippen LogP contribution in [-0.2, 0) is 11.2 Å². The number of fused-ring (bicyclic) bond motifs is 1. The van der Waals surface area contributed by atoms with Gasteiger partial charge in [0.2, 0.25) is 12.7 Å². The number of hydrogen-bond donors (Lipinski definition) is 0. The van der Waals surface area contributed by atoms with Gasteiger partial charge in [-0.3, -0.25) is 9.69 Å². The van der Waals surface area contributed by atoms with Gasteiger partial charge in [-0.1, -0.05) is 6.07 Å². The van der Waals surface area contributed by atoms with Crippen molar-refractivity contribution in [2.45, 2.75) is 25.3 Å². The highest BCUT2D eigenvalue weighted by Gasteiger charge is 2.26. The first-order valence-corrected chi connectivity index (χ1v) is 9.93. The highest BCUT2D eigenvalue weighted by atomic mass is 32.2. The van der Waals surface area contributed by atoms with E-state index in [9.17, 15) is 4.79 Å². The molecule has 4 rings (SSSR count). The minimum absolute atomic E-state index is 0.219. The molecule has 3 aliphatic rings. The van der Waals surface area contributed by atoms with E-state index in [-0.39, 0.29) is 12.7 Å². The van der Waals surface area contributed by atoms with E-state index in [2.05, 4.69) is 16.7 Å². The van der Waals surface area contributed by atoms with Crippen molar-refractivity contribution in [1.29, 1.82) is 0 Å². The molecule has 5 nitrogen and oxygen atoms in total. The lowest BCUT2D eigenvalue weighted by Crippen LogP contribution is -2.40. The summed E-state index contributed by atoms with van der Waals surface area (Å²) in [5.74, 6) is 4.28. The number of carbonyl (C=O) groups is 1. The Morgan fingerprint density at radius 1 is 1.17 bits per heavy atom. The number of amides is 1. The monoisotopic (exact) mass is 348 g/mol. The zero-order valence-electron chi connectivity index (χ0n) is 13.9. The van der Waals surface area contributed by atoms with E-state index in [4.69, 9.17) is 9.47 Å². The molecular weight excluding hydrogens is 324 g/mol. The minimum Gasteiger partial charge on any atom is -0.454 e. The third-order valence-corrected chi connectivity index (χ3v) is 6.24. The maximum atomic E-state index is 12.7. The van der Waals surface area contributed by atoms with Crippen LogP contribution in [0.4, 0.5) is 0 Å². The van der Waals surface area contributed by atoms with Crippen LogP contribution in [0.5, 0.6) is 11.5 Å². The van der Waals surface area contributed by atoms with Crippen LogP contribution in [0.2, 0.25) is 0 Å². The third kappa shape index (κ3) is 3.49. The summed E-state index contributed by atoms with van der Waals surface area (Å²) in [5.41, 5.74) is 0.998. The molecule has 1 atom stereocenters. The van der Waals surface area contributed by atoms with Gasteiger partial charge in [0.1, 0.15) is 0 Å². The molecule has 24 heavy (non-hydrogen) atoms. The van der Waals surface area contributed by atoms with Gasteiger partial charge in [0.05, 0.1) is 6.42 Å². The quantitative estimate of drug-likeness (QED) is 0.836. The SMILES string of the molecule is O=C(Cc1ccc2c(c1)OCO2)N1CCCN(C2CCSC2)CC1. The summed E-state index contributed by atoms with van der Waals surface area (Å²) >= 11 is 2.06. The Labute approximate surface area is 147 Å². The number of ether oxygens (including phenoxy) is 2. The second kappa shape index (κ2) is 7.23. The largest absolute Gasteiger partial charge is 0.454 e. The van der Waals surface area contributed by atoms with E-state index in [1.165, 1.54) is 17.9 Å². The molecule has 3 heterocycles. The average Bonchev–Trinajstić information content (AvgIpc) is 3.22. The van der Waals surface area contributed by atoms with Gasteiger partial charge in [-0.05, 0) is 36.3 Å². The van der Waals surface area contributed by atoms with Gasteiger partial charge in [0.25, 0.3) is 0 Å². The summed E-state index contributed by atoms with van der Waals surface area (Å²) in [7, 11) is 0. The Kier molecular flexibility index (Phi) is 4.85. The van der Waals surface area contributed by atoms with Crippen LogP contribution in [0, 0.1) is 0 Å². The molecule has 1 amide bonds. The summed E-state index contributed by atoms with van der Waals surface area (Å²) in [6.45, 7) is 4.13. The number of benzene rings is 1. The van der Waals surface area contributed by atoms with Crippen molar-refractivity contribution >= 4 is 17.7 Å². The molecule has 1 aromatic rings. The highest BCUT2D eigenvalue weighted by molar-refractivity contribution is 7.99. The van der Waals surface area contributed by atoms with Gasteiger partial charge in [-0.25, -0.2) is 0 Å². The minimum atomic E-state index is 0.219. The number of carbonyl (C=O) groups excluding carboxylic acids is 1. The van der Waals surface area contributed by atoms with Crippen molar-refractivity contribution in [3.8, 4) is 11.5 Å². The lowest BCUT2D eigenvalue weighted by Gasteiger charge is -2.26. The molecule has 6 heteroatoms. The molecule has 0 aliphatic carbocycles. The molecule has 1 unspecified atom stereocenters. The molecule has 0 radical (unpaired) electrons. The third-order valence-electron chi connectivity index (χ3n) is 5.10. The normalized spacial score (nSPS) is 24.2. The fourth-order valence-corrected chi connectivity index (χ4v) is 4.95. The van der Waals surface area contributed by atoms with Crippen LogP contribution in [0.1, 0.15) is 18.4 Å². The van der Waals surface area contributed by atoms with Gasteiger partial charge >= 0.3 is 0 Å². The summed E-state index contributed by atoms with van der Waals surface area (Å²) < 4.78 is 10.7. The molecule has 2 fully saturated rings. The standard InChI is InChI=1S/C18H24N2O3S/c21-18(11-14-2-3-16-17(10-14)23-13-22-16)20-6-1-5-19(7-8-20)15-4-9-24-12-15/h2-3,10,15H,1,4-9,11-13H2. The number of hydrogen-bond acceptors (Lipinski definition) is 5. The maximum Gasteiger partial charge on any atom is 0.231 e. The number of thioether (sulfide) groups is 1. The predicted molar refractivity (Wildman–Crippen MR) is 94.8 cm³/mol. The zero-order chi connectivity index (χ0) is 16.4. The van der Waals surface area contributed by atoms with E-state index >= 15 is 0 Å². The summed E-state index contributed by atoms with van der Waals surface area (Å²) in [5, 5.41) is 0. The Morgan fingerprint density at radius 2 is 2.08 bits per heavy atom. The topological polar surface area (TPSA) is 42.0 Å². The molecule has 0 aromatic heterocycles. The Hall–Kier alpha value is -1.40. The Balaban J connectivity index is 1.34. The van der Waals surface area contributed by atoms with E-state index in [0.29, 0.717) is 6.42 Å². The second-order valence-corrected chi connectivity index (χ2v) is 7.80. The highest BCUT2D eigenvalue weighted by Crippen LogP contribution is 2.32. The van der Waals surface area contributed by atoms with Crippen LogP contribution in [-0.4, -0.2) is 66.2 Å². The molecule has 3 aliphatic heterocycles. The first-order chi connectivity index (χ1) is 11.8. The summed E-state index contributed by atoms with van der Waals surface area (Å²) in [6, 6.07) is 6.51. The van der Waals surface area contributed by atoms with E-state index in [1.807, 2.05) is 23.1 Å². The molecule has 0 saturated carbocycles. The smallest absolute Gasteiger partial charge is 0.231 e. The van der Waals surface area contributed by atoms with Crippen molar-refractivity contribution in [3.63, 3.8) is 0 Å². The van der Waals surface area contributed by atoms with Crippen LogP contribution < -0.4 is 9.47 Å². The van der Waals surface area contributed by atoms with Crippen molar-refractivity contribution in [1.82, 2.24) is 9.80 Å². The van der Waals surface area contributed by atoms with E-state index < -0.39 is 0 Å². The maximum absolute atomic E-state index is 12.7. The van der Waals surface area contributed by atoms with Crippen LogP contribution in [0.3, 0.4) is 0 Å².